The van der Waals surface area contributed by atoms with Crippen LogP contribution in [-0.4, -0.2) is 24.0 Å². The fourth-order valence-electron chi connectivity index (χ4n) is 2.43. The van der Waals surface area contributed by atoms with Crippen molar-refractivity contribution in [1.29, 1.82) is 0 Å². The maximum atomic E-state index is 8.75. The van der Waals surface area contributed by atoms with E-state index in [1.54, 1.807) is 0 Å². The molecule has 0 saturated heterocycles. The van der Waals surface area contributed by atoms with Crippen molar-refractivity contribution < 1.29 is 14.7 Å². The molecule has 0 aromatic carbocycles. The van der Waals surface area contributed by atoms with Gasteiger partial charge in [-0.25, -0.2) is 0 Å². The molecule has 3 nitrogen and oxygen atoms in total. The van der Waals surface area contributed by atoms with E-state index in [1.807, 2.05) is 0 Å². The van der Waals surface area contributed by atoms with Crippen LogP contribution in [0.5, 0.6) is 0 Å². The molecule has 90 valence electrons. The SMILES string of the molecule is CCCC(CCC)(CCC)COB(O)O. The summed E-state index contributed by atoms with van der Waals surface area (Å²) in [7, 11) is -1.63. The molecule has 0 aromatic rings. The Balaban J connectivity index is 4.31. The van der Waals surface area contributed by atoms with Gasteiger partial charge >= 0.3 is 7.32 Å². The highest BCUT2D eigenvalue weighted by Gasteiger charge is 2.29. The fraction of sp³-hybridized carbons (Fsp3) is 1.00. The molecule has 0 aliphatic carbocycles. The highest BCUT2D eigenvalue weighted by molar-refractivity contribution is 6.32. The molecule has 0 aromatic heterocycles. The lowest BCUT2D eigenvalue weighted by Gasteiger charge is -2.33. The summed E-state index contributed by atoms with van der Waals surface area (Å²) in [6.07, 6.45) is 6.64. The fourth-order valence-corrected chi connectivity index (χ4v) is 2.43. The molecule has 0 spiro atoms. The summed E-state index contributed by atoms with van der Waals surface area (Å²) in [5.74, 6) is 0. The van der Waals surface area contributed by atoms with Gasteiger partial charge in [0.2, 0.25) is 0 Å². The minimum atomic E-state index is -1.63. The lowest BCUT2D eigenvalue weighted by molar-refractivity contribution is 0.0707. The predicted octanol–water partition coefficient (Wildman–Crippen LogP) is 2.36. The molecule has 0 radical (unpaired) electrons. The molecule has 4 heteroatoms. The smallest absolute Gasteiger partial charge is 0.402 e. The van der Waals surface area contributed by atoms with E-state index in [2.05, 4.69) is 20.8 Å². The largest absolute Gasteiger partial charge is 0.633 e. The van der Waals surface area contributed by atoms with Gasteiger partial charge in [0.15, 0.2) is 0 Å². The highest BCUT2D eigenvalue weighted by atomic mass is 16.6. The maximum absolute atomic E-state index is 8.75. The molecule has 0 rings (SSSR count). The third kappa shape index (κ3) is 6.18. The van der Waals surface area contributed by atoms with Crippen LogP contribution in [0.3, 0.4) is 0 Å². The van der Waals surface area contributed by atoms with Gasteiger partial charge in [-0.05, 0) is 24.7 Å². The van der Waals surface area contributed by atoms with Gasteiger partial charge in [-0.3, -0.25) is 0 Å². The van der Waals surface area contributed by atoms with Crippen LogP contribution in [0, 0.1) is 5.41 Å². The summed E-state index contributed by atoms with van der Waals surface area (Å²) in [5, 5.41) is 17.5. The Morgan fingerprint density at radius 1 is 0.933 bits per heavy atom. The normalized spacial score (nSPS) is 11.8. The minimum Gasteiger partial charge on any atom is -0.402 e. The Hall–Kier alpha value is -0.0551. The van der Waals surface area contributed by atoms with Crippen LogP contribution in [0.1, 0.15) is 59.3 Å². The molecule has 0 aliphatic rings. The average molecular weight is 216 g/mol. The standard InChI is InChI=1S/C11H25BO3/c1-4-7-11(8-5-2,9-6-3)10-15-12(13)14/h13-14H,4-10H2,1-3H3. The zero-order valence-corrected chi connectivity index (χ0v) is 10.3. The van der Waals surface area contributed by atoms with Crippen molar-refractivity contribution in [2.75, 3.05) is 6.61 Å². The van der Waals surface area contributed by atoms with E-state index in [0.29, 0.717) is 6.61 Å². The molecule has 0 unspecified atom stereocenters. The van der Waals surface area contributed by atoms with Gasteiger partial charge in [-0.1, -0.05) is 40.0 Å². The number of rotatable bonds is 9. The molecule has 0 aliphatic heterocycles. The van der Waals surface area contributed by atoms with Crippen LogP contribution in [0.2, 0.25) is 0 Å². The molecule has 0 saturated carbocycles. The molecule has 15 heavy (non-hydrogen) atoms. The van der Waals surface area contributed by atoms with Crippen LogP contribution in [0.15, 0.2) is 0 Å². The van der Waals surface area contributed by atoms with Crippen molar-refractivity contribution in [3.63, 3.8) is 0 Å². The minimum absolute atomic E-state index is 0.141. The van der Waals surface area contributed by atoms with Crippen molar-refractivity contribution in [1.82, 2.24) is 0 Å². The molecule has 0 bridgehead atoms. The number of hydrogen-bond acceptors (Lipinski definition) is 3. The summed E-state index contributed by atoms with van der Waals surface area (Å²) >= 11 is 0. The van der Waals surface area contributed by atoms with E-state index in [-0.39, 0.29) is 5.41 Å². The van der Waals surface area contributed by atoms with Crippen molar-refractivity contribution in [3.8, 4) is 0 Å². The topological polar surface area (TPSA) is 49.7 Å². The van der Waals surface area contributed by atoms with Crippen molar-refractivity contribution in [3.05, 3.63) is 0 Å². The van der Waals surface area contributed by atoms with E-state index >= 15 is 0 Å². The lowest BCUT2D eigenvalue weighted by atomic mass is 9.76. The van der Waals surface area contributed by atoms with Crippen LogP contribution in [-0.2, 0) is 4.65 Å². The van der Waals surface area contributed by atoms with E-state index in [0.717, 1.165) is 38.5 Å². The second-order valence-corrected chi connectivity index (χ2v) is 4.39. The quantitative estimate of drug-likeness (QED) is 0.581. The van der Waals surface area contributed by atoms with Crippen molar-refractivity contribution >= 4 is 7.32 Å². The Morgan fingerprint density at radius 3 is 1.60 bits per heavy atom. The summed E-state index contributed by atoms with van der Waals surface area (Å²) in [6, 6.07) is 0. The molecule has 2 N–H and O–H groups in total. The first-order chi connectivity index (χ1) is 7.10. The van der Waals surface area contributed by atoms with Crippen LogP contribution in [0.4, 0.5) is 0 Å². The first-order valence-electron chi connectivity index (χ1n) is 6.08. The van der Waals surface area contributed by atoms with Gasteiger partial charge in [-0.15, -0.1) is 0 Å². The zero-order chi connectivity index (χ0) is 11.7. The van der Waals surface area contributed by atoms with Gasteiger partial charge in [0.1, 0.15) is 0 Å². The molecule has 0 amide bonds. The van der Waals surface area contributed by atoms with E-state index in [9.17, 15) is 0 Å². The summed E-state index contributed by atoms with van der Waals surface area (Å²) in [5.41, 5.74) is 0.141. The van der Waals surface area contributed by atoms with Gasteiger partial charge < -0.3 is 14.7 Å². The molecule has 0 atom stereocenters. The predicted molar refractivity (Wildman–Crippen MR) is 63.3 cm³/mol. The average Bonchev–Trinajstić information content (AvgIpc) is 2.16. The van der Waals surface area contributed by atoms with Crippen LogP contribution < -0.4 is 0 Å². The summed E-state index contributed by atoms with van der Waals surface area (Å²) in [4.78, 5) is 0. The highest BCUT2D eigenvalue weighted by Crippen LogP contribution is 2.35. The zero-order valence-electron chi connectivity index (χ0n) is 10.3. The van der Waals surface area contributed by atoms with Gasteiger partial charge in [0, 0.05) is 6.61 Å². The van der Waals surface area contributed by atoms with E-state index < -0.39 is 7.32 Å². The first-order valence-corrected chi connectivity index (χ1v) is 6.08. The van der Waals surface area contributed by atoms with Gasteiger partial charge in [0.05, 0.1) is 0 Å². The van der Waals surface area contributed by atoms with Crippen molar-refractivity contribution in [2.24, 2.45) is 5.41 Å². The third-order valence-corrected chi connectivity index (χ3v) is 2.88. The lowest BCUT2D eigenvalue weighted by Crippen LogP contribution is -2.31. The molecular formula is C11H25BO3. The Morgan fingerprint density at radius 2 is 1.33 bits per heavy atom. The maximum Gasteiger partial charge on any atom is 0.633 e. The van der Waals surface area contributed by atoms with Gasteiger partial charge in [0.25, 0.3) is 0 Å². The Bertz CT molecular complexity index is 134. The Kier molecular flexibility index (Phi) is 8.11. The molecule has 0 fully saturated rings. The van der Waals surface area contributed by atoms with Crippen LogP contribution in [0.25, 0.3) is 0 Å². The van der Waals surface area contributed by atoms with E-state index in [1.165, 1.54) is 0 Å². The third-order valence-electron chi connectivity index (χ3n) is 2.88. The van der Waals surface area contributed by atoms with Gasteiger partial charge in [-0.2, -0.15) is 0 Å². The van der Waals surface area contributed by atoms with Crippen molar-refractivity contribution in [2.45, 2.75) is 59.3 Å². The molecular weight excluding hydrogens is 191 g/mol. The monoisotopic (exact) mass is 216 g/mol. The van der Waals surface area contributed by atoms with Crippen LogP contribution >= 0.6 is 0 Å². The Labute approximate surface area is 94.0 Å². The second kappa shape index (κ2) is 8.14. The van der Waals surface area contributed by atoms with E-state index in [4.69, 9.17) is 14.7 Å². The summed E-state index contributed by atoms with van der Waals surface area (Å²) < 4.78 is 4.98. The molecule has 0 heterocycles. The second-order valence-electron chi connectivity index (χ2n) is 4.39. The summed E-state index contributed by atoms with van der Waals surface area (Å²) in [6.45, 7) is 6.94. The first kappa shape index (κ1) is 14.9. The number of hydrogen-bond donors (Lipinski definition) is 2.